The van der Waals surface area contributed by atoms with E-state index < -0.39 is 0 Å². The van der Waals surface area contributed by atoms with Crippen LogP contribution < -0.4 is 0 Å². The van der Waals surface area contributed by atoms with Crippen LogP contribution in [0, 0.1) is 0 Å². The minimum Gasteiger partial charge on any atom is -0.467 e. The van der Waals surface area contributed by atoms with Crippen molar-refractivity contribution >= 4 is 11.2 Å². The smallest absolute Gasteiger partial charge is 0.160 e. The van der Waals surface area contributed by atoms with Crippen molar-refractivity contribution in [1.29, 1.82) is 0 Å². The molecule has 0 N–H and O–H groups in total. The van der Waals surface area contributed by atoms with E-state index in [1.807, 2.05) is 24.3 Å². The van der Waals surface area contributed by atoms with Gasteiger partial charge in [0.2, 0.25) is 0 Å². The molecule has 17 heavy (non-hydrogen) atoms. The Morgan fingerprint density at radius 1 is 1.29 bits per heavy atom. The van der Waals surface area contributed by atoms with E-state index in [0.29, 0.717) is 6.54 Å². The van der Waals surface area contributed by atoms with Gasteiger partial charge in [-0.05, 0) is 24.3 Å². The summed E-state index contributed by atoms with van der Waals surface area (Å²) < 4.78 is 7.48. The molecule has 0 aromatic carbocycles. The second-order valence-electron chi connectivity index (χ2n) is 3.89. The molecule has 0 aliphatic heterocycles. The maximum atomic E-state index is 5.38. The number of fused-ring (bicyclic) bond motifs is 1. The Labute approximate surface area is 98.9 Å². The summed E-state index contributed by atoms with van der Waals surface area (Å²) in [5.74, 6) is 1.96. The molecule has 0 saturated heterocycles. The van der Waals surface area contributed by atoms with Crippen molar-refractivity contribution in [3.63, 3.8) is 0 Å². The van der Waals surface area contributed by atoms with Gasteiger partial charge in [0.25, 0.3) is 0 Å². The molecule has 0 aliphatic rings. The fourth-order valence-corrected chi connectivity index (χ4v) is 2.00. The molecule has 86 valence electrons. The summed E-state index contributed by atoms with van der Waals surface area (Å²) in [5.41, 5.74) is 1.86. The topological polar surface area (TPSA) is 43.9 Å². The molecule has 3 heterocycles. The summed E-state index contributed by atoms with van der Waals surface area (Å²) >= 11 is 0. The maximum Gasteiger partial charge on any atom is 0.160 e. The summed E-state index contributed by atoms with van der Waals surface area (Å²) in [4.78, 5) is 8.96. The Morgan fingerprint density at radius 2 is 2.24 bits per heavy atom. The van der Waals surface area contributed by atoms with Crippen molar-refractivity contribution < 1.29 is 4.42 Å². The highest BCUT2D eigenvalue weighted by atomic mass is 16.3. The molecular formula is C13H13N3O. The van der Waals surface area contributed by atoms with Gasteiger partial charge in [-0.15, -0.1) is 0 Å². The van der Waals surface area contributed by atoms with Gasteiger partial charge in [0.05, 0.1) is 12.8 Å². The molecule has 0 saturated carbocycles. The van der Waals surface area contributed by atoms with E-state index >= 15 is 0 Å². The van der Waals surface area contributed by atoms with Crippen LogP contribution in [-0.2, 0) is 13.0 Å². The minimum absolute atomic E-state index is 0.684. The lowest BCUT2D eigenvalue weighted by Gasteiger charge is -2.04. The second kappa shape index (κ2) is 4.05. The van der Waals surface area contributed by atoms with Crippen LogP contribution in [0.5, 0.6) is 0 Å². The van der Waals surface area contributed by atoms with Gasteiger partial charge in [0, 0.05) is 12.6 Å². The third-order valence-electron chi connectivity index (χ3n) is 2.79. The molecular weight excluding hydrogens is 214 g/mol. The zero-order valence-corrected chi connectivity index (χ0v) is 9.63. The number of aromatic nitrogens is 3. The van der Waals surface area contributed by atoms with Gasteiger partial charge in [-0.1, -0.05) is 6.92 Å². The highest BCUT2D eigenvalue weighted by Gasteiger charge is 2.11. The van der Waals surface area contributed by atoms with E-state index in [1.165, 1.54) is 0 Å². The van der Waals surface area contributed by atoms with Crippen molar-refractivity contribution in [3.05, 3.63) is 48.3 Å². The van der Waals surface area contributed by atoms with E-state index in [9.17, 15) is 0 Å². The van der Waals surface area contributed by atoms with Crippen LogP contribution in [0.4, 0.5) is 0 Å². The lowest BCUT2D eigenvalue weighted by atomic mass is 10.4. The fraction of sp³-hybridized carbons (Fsp3) is 0.231. The standard InChI is InChI=1S/C13H13N3O/c1-2-12-15-11-6-3-7-14-13(11)16(12)9-10-5-4-8-17-10/h3-8H,2,9H2,1H3. The lowest BCUT2D eigenvalue weighted by Crippen LogP contribution is -2.04. The number of hydrogen-bond donors (Lipinski definition) is 0. The Morgan fingerprint density at radius 3 is 3.00 bits per heavy atom. The molecule has 3 aromatic heterocycles. The van der Waals surface area contributed by atoms with Crippen LogP contribution in [-0.4, -0.2) is 14.5 Å². The SMILES string of the molecule is CCc1nc2cccnc2n1Cc1ccco1. The van der Waals surface area contributed by atoms with Gasteiger partial charge >= 0.3 is 0 Å². The number of nitrogens with zero attached hydrogens (tertiary/aromatic N) is 3. The average molecular weight is 227 g/mol. The largest absolute Gasteiger partial charge is 0.467 e. The Hall–Kier alpha value is -2.10. The van der Waals surface area contributed by atoms with Gasteiger partial charge in [-0.3, -0.25) is 0 Å². The van der Waals surface area contributed by atoms with Gasteiger partial charge in [0.15, 0.2) is 5.65 Å². The van der Waals surface area contributed by atoms with Gasteiger partial charge < -0.3 is 8.98 Å². The monoisotopic (exact) mass is 227 g/mol. The summed E-state index contributed by atoms with van der Waals surface area (Å²) in [6.07, 6.45) is 4.37. The molecule has 3 aromatic rings. The molecule has 0 aliphatic carbocycles. The number of aryl methyl sites for hydroxylation is 1. The zero-order chi connectivity index (χ0) is 11.7. The first-order valence-corrected chi connectivity index (χ1v) is 5.71. The van der Waals surface area contributed by atoms with Crippen LogP contribution in [0.15, 0.2) is 41.1 Å². The molecule has 0 atom stereocenters. The zero-order valence-electron chi connectivity index (χ0n) is 9.63. The highest BCUT2D eigenvalue weighted by Crippen LogP contribution is 2.16. The Bertz CT molecular complexity index is 625. The van der Waals surface area contributed by atoms with Crippen LogP contribution in [0.1, 0.15) is 18.5 Å². The van der Waals surface area contributed by atoms with E-state index in [4.69, 9.17) is 4.42 Å². The number of pyridine rings is 1. The first kappa shape index (κ1) is 10.1. The Kier molecular flexibility index (Phi) is 2.40. The third kappa shape index (κ3) is 1.71. The van der Waals surface area contributed by atoms with E-state index in [1.54, 1.807) is 12.5 Å². The molecule has 4 heteroatoms. The quantitative estimate of drug-likeness (QED) is 0.690. The van der Waals surface area contributed by atoms with Gasteiger partial charge in [-0.25, -0.2) is 9.97 Å². The first-order valence-electron chi connectivity index (χ1n) is 5.71. The number of hydrogen-bond acceptors (Lipinski definition) is 3. The van der Waals surface area contributed by atoms with E-state index in [0.717, 1.165) is 29.2 Å². The molecule has 0 spiro atoms. The van der Waals surface area contributed by atoms with E-state index in [-0.39, 0.29) is 0 Å². The summed E-state index contributed by atoms with van der Waals surface area (Å²) in [5, 5.41) is 0. The second-order valence-corrected chi connectivity index (χ2v) is 3.89. The maximum absolute atomic E-state index is 5.38. The molecule has 3 rings (SSSR count). The normalized spacial score (nSPS) is 11.1. The molecule has 0 fully saturated rings. The van der Waals surface area contributed by atoms with Crippen LogP contribution in [0.2, 0.25) is 0 Å². The van der Waals surface area contributed by atoms with Crippen LogP contribution in [0.25, 0.3) is 11.2 Å². The van der Waals surface area contributed by atoms with Crippen LogP contribution >= 0.6 is 0 Å². The van der Waals surface area contributed by atoms with Crippen LogP contribution in [0.3, 0.4) is 0 Å². The molecule has 4 nitrogen and oxygen atoms in total. The predicted molar refractivity (Wildman–Crippen MR) is 64.7 cm³/mol. The number of furan rings is 1. The number of rotatable bonds is 3. The van der Waals surface area contributed by atoms with Crippen molar-refractivity contribution in [2.24, 2.45) is 0 Å². The first-order chi connectivity index (χ1) is 8.38. The molecule has 0 amide bonds. The highest BCUT2D eigenvalue weighted by molar-refractivity contribution is 5.71. The molecule has 0 bridgehead atoms. The van der Waals surface area contributed by atoms with Gasteiger partial charge in [-0.2, -0.15) is 0 Å². The van der Waals surface area contributed by atoms with Crippen molar-refractivity contribution in [1.82, 2.24) is 14.5 Å². The lowest BCUT2D eigenvalue weighted by molar-refractivity contribution is 0.491. The van der Waals surface area contributed by atoms with E-state index in [2.05, 4.69) is 21.5 Å². The van der Waals surface area contributed by atoms with Crippen molar-refractivity contribution in [2.45, 2.75) is 19.9 Å². The number of imidazole rings is 1. The molecule has 0 unspecified atom stereocenters. The molecule has 0 radical (unpaired) electrons. The Balaban J connectivity index is 2.12. The third-order valence-corrected chi connectivity index (χ3v) is 2.79. The summed E-state index contributed by atoms with van der Waals surface area (Å²) in [6.45, 7) is 2.78. The minimum atomic E-state index is 0.684. The summed E-state index contributed by atoms with van der Waals surface area (Å²) in [7, 11) is 0. The van der Waals surface area contributed by atoms with Crippen molar-refractivity contribution in [3.8, 4) is 0 Å². The van der Waals surface area contributed by atoms with Crippen molar-refractivity contribution in [2.75, 3.05) is 0 Å². The summed E-state index contributed by atoms with van der Waals surface area (Å²) in [6, 6.07) is 7.76. The average Bonchev–Trinajstić information content (AvgIpc) is 2.98. The fourth-order valence-electron chi connectivity index (χ4n) is 2.00. The predicted octanol–water partition coefficient (Wildman–Crippen LogP) is 2.64. The van der Waals surface area contributed by atoms with Gasteiger partial charge in [0.1, 0.15) is 17.1 Å².